The van der Waals surface area contributed by atoms with E-state index in [0.717, 1.165) is 28.5 Å². The molecule has 1 aliphatic rings. The summed E-state index contributed by atoms with van der Waals surface area (Å²) >= 11 is 0. The summed E-state index contributed by atoms with van der Waals surface area (Å²) in [5.41, 5.74) is 7.60. The van der Waals surface area contributed by atoms with Crippen molar-refractivity contribution < 1.29 is 18.9 Å². The average molecular weight is 287 g/mol. The van der Waals surface area contributed by atoms with Gasteiger partial charge >= 0.3 is 0 Å². The fraction of sp³-hybridized carbons (Fsp3) is 0.250. The van der Waals surface area contributed by atoms with Gasteiger partial charge in [-0.3, -0.25) is 0 Å². The molecule has 0 fully saturated rings. The SMILES string of the molecule is Cc1ccc(OCCOc2ccc3c(c2)OCO3)cc1N. The summed E-state index contributed by atoms with van der Waals surface area (Å²) in [4.78, 5) is 0. The Morgan fingerprint density at radius 2 is 1.62 bits per heavy atom. The van der Waals surface area contributed by atoms with Gasteiger partial charge < -0.3 is 24.7 Å². The van der Waals surface area contributed by atoms with Crippen LogP contribution in [0.1, 0.15) is 5.56 Å². The van der Waals surface area contributed by atoms with E-state index in [9.17, 15) is 0 Å². The Kier molecular flexibility index (Phi) is 3.73. The second-order valence-electron chi connectivity index (χ2n) is 4.73. The molecule has 21 heavy (non-hydrogen) atoms. The van der Waals surface area contributed by atoms with Gasteiger partial charge in [0.05, 0.1) is 0 Å². The zero-order valence-electron chi connectivity index (χ0n) is 11.8. The fourth-order valence-electron chi connectivity index (χ4n) is 1.99. The van der Waals surface area contributed by atoms with Crippen LogP contribution in [0.2, 0.25) is 0 Å². The molecule has 0 saturated carbocycles. The van der Waals surface area contributed by atoms with Gasteiger partial charge in [0.1, 0.15) is 24.7 Å². The van der Waals surface area contributed by atoms with Gasteiger partial charge in [0.2, 0.25) is 6.79 Å². The zero-order chi connectivity index (χ0) is 14.7. The minimum Gasteiger partial charge on any atom is -0.490 e. The number of nitrogen functional groups attached to an aromatic ring is 1. The van der Waals surface area contributed by atoms with Crippen molar-refractivity contribution in [1.82, 2.24) is 0 Å². The molecular weight excluding hydrogens is 270 g/mol. The van der Waals surface area contributed by atoms with Crippen molar-refractivity contribution in [1.29, 1.82) is 0 Å². The van der Waals surface area contributed by atoms with Gasteiger partial charge in [0.15, 0.2) is 11.5 Å². The first kappa shape index (κ1) is 13.4. The highest BCUT2D eigenvalue weighted by Crippen LogP contribution is 2.35. The molecule has 2 aromatic rings. The number of ether oxygens (including phenoxy) is 4. The van der Waals surface area contributed by atoms with Gasteiger partial charge in [-0.15, -0.1) is 0 Å². The highest BCUT2D eigenvalue weighted by Gasteiger charge is 2.13. The lowest BCUT2D eigenvalue weighted by Crippen LogP contribution is -2.09. The molecule has 0 radical (unpaired) electrons. The molecule has 0 aromatic heterocycles. The van der Waals surface area contributed by atoms with Crippen LogP contribution in [-0.4, -0.2) is 20.0 Å². The second-order valence-corrected chi connectivity index (χ2v) is 4.73. The molecule has 0 spiro atoms. The maximum Gasteiger partial charge on any atom is 0.231 e. The standard InChI is InChI=1S/C16H17NO4/c1-11-2-3-12(8-14(11)17)18-6-7-19-13-4-5-15-16(9-13)21-10-20-15/h2-5,8-9H,6-7,10,17H2,1H3. The van der Waals surface area contributed by atoms with Gasteiger partial charge in [-0.1, -0.05) is 6.07 Å². The van der Waals surface area contributed by atoms with E-state index in [0.29, 0.717) is 19.0 Å². The van der Waals surface area contributed by atoms with Crippen LogP contribution in [0, 0.1) is 6.92 Å². The molecule has 1 aliphatic heterocycles. The summed E-state index contributed by atoms with van der Waals surface area (Å²) in [5, 5.41) is 0. The number of fused-ring (bicyclic) bond motifs is 1. The summed E-state index contributed by atoms with van der Waals surface area (Å²) < 4.78 is 21.7. The number of anilines is 1. The summed E-state index contributed by atoms with van der Waals surface area (Å²) in [6, 6.07) is 11.1. The Labute approximate surface area is 123 Å². The largest absolute Gasteiger partial charge is 0.490 e. The molecule has 1 heterocycles. The Morgan fingerprint density at radius 3 is 2.38 bits per heavy atom. The van der Waals surface area contributed by atoms with Gasteiger partial charge in [-0.25, -0.2) is 0 Å². The average Bonchev–Trinajstić information content (AvgIpc) is 2.95. The molecule has 5 nitrogen and oxygen atoms in total. The molecule has 0 atom stereocenters. The van der Waals surface area contributed by atoms with Crippen molar-refractivity contribution in [2.24, 2.45) is 0 Å². The molecule has 2 N–H and O–H groups in total. The van der Waals surface area contributed by atoms with Crippen LogP contribution in [0.3, 0.4) is 0 Å². The van der Waals surface area contributed by atoms with Crippen molar-refractivity contribution in [3.8, 4) is 23.0 Å². The van der Waals surface area contributed by atoms with Crippen LogP contribution in [-0.2, 0) is 0 Å². The lowest BCUT2D eigenvalue weighted by molar-refractivity contribution is 0.173. The van der Waals surface area contributed by atoms with E-state index >= 15 is 0 Å². The van der Waals surface area contributed by atoms with Crippen molar-refractivity contribution in [3.05, 3.63) is 42.0 Å². The highest BCUT2D eigenvalue weighted by atomic mass is 16.7. The highest BCUT2D eigenvalue weighted by molar-refractivity contribution is 5.50. The summed E-state index contributed by atoms with van der Waals surface area (Å²) in [6.07, 6.45) is 0. The minimum atomic E-state index is 0.261. The topological polar surface area (TPSA) is 62.9 Å². The lowest BCUT2D eigenvalue weighted by atomic mass is 10.2. The quantitative estimate of drug-likeness (QED) is 0.676. The van der Waals surface area contributed by atoms with Crippen LogP contribution in [0.15, 0.2) is 36.4 Å². The smallest absolute Gasteiger partial charge is 0.231 e. The summed E-state index contributed by atoms with van der Waals surface area (Å²) in [6.45, 7) is 3.10. The van der Waals surface area contributed by atoms with Gasteiger partial charge in [0.25, 0.3) is 0 Å². The van der Waals surface area contributed by atoms with Gasteiger partial charge in [-0.05, 0) is 30.7 Å². The third kappa shape index (κ3) is 3.13. The van der Waals surface area contributed by atoms with E-state index < -0.39 is 0 Å². The van der Waals surface area contributed by atoms with Gasteiger partial charge in [-0.2, -0.15) is 0 Å². The first-order valence-corrected chi connectivity index (χ1v) is 6.74. The van der Waals surface area contributed by atoms with Crippen LogP contribution >= 0.6 is 0 Å². The van der Waals surface area contributed by atoms with Crippen molar-refractivity contribution in [2.75, 3.05) is 25.7 Å². The van der Waals surface area contributed by atoms with E-state index in [-0.39, 0.29) is 6.79 Å². The van der Waals surface area contributed by atoms with E-state index in [1.807, 2.05) is 43.3 Å². The Balaban J connectivity index is 1.49. The van der Waals surface area contributed by atoms with Crippen LogP contribution in [0.4, 0.5) is 5.69 Å². The molecule has 0 unspecified atom stereocenters. The number of hydrogen-bond donors (Lipinski definition) is 1. The van der Waals surface area contributed by atoms with E-state index in [4.69, 9.17) is 24.7 Å². The van der Waals surface area contributed by atoms with Crippen LogP contribution in [0.5, 0.6) is 23.0 Å². The number of benzene rings is 2. The minimum absolute atomic E-state index is 0.261. The first-order valence-electron chi connectivity index (χ1n) is 6.74. The zero-order valence-corrected chi connectivity index (χ0v) is 11.8. The Bertz CT molecular complexity index is 642. The molecule has 0 amide bonds. The molecule has 2 aromatic carbocycles. The normalized spacial score (nSPS) is 12.2. The summed E-state index contributed by atoms with van der Waals surface area (Å²) in [5.74, 6) is 2.92. The molecule has 0 aliphatic carbocycles. The van der Waals surface area contributed by atoms with E-state index in [1.165, 1.54) is 0 Å². The monoisotopic (exact) mass is 287 g/mol. The number of nitrogens with two attached hydrogens (primary N) is 1. The van der Waals surface area contributed by atoms with Crippen molar-refractivity contribution in [2.45, 2.75) is 6.92 Å². The second kappa shape index (κ2) is 5.83. The molecular formula is C16H17NO4. The predicted molar refractivity (Wildman–Crippen MR) is 79.1 cm³/mol. The molecule has 5 heteroatoms. The molecule has 110 valence electrons. The van der Waals surface area contributed by atoms with E-state index in [2.05, 4.69) is 0 Å². The van der Waals surface area contributed by atoms with E-state index in [1.54, 1.807) is 0 Å². The Morgan fingerprint density at radius 1 is 0.952 bits per heavy atom. The summed E-state index contributed by atoms with van der Waals surface area (Å²) in [7, 11) is 0. The molecule has 0 bridgehead atoms. The lowest BCUT2D eigenvalue weighted by Gasteiger charge is -2.10. The molecule has 0 saturated heterocycles. The van der Waals surface area contributed by atoms with Crippen molar-refractivity contribution in [3.63, 3.8) is 0 Å². The number of aryl methyl sites for hydroxylation is 1. The predicted octanol–water partition coefficient (Wildman–Crippen LogP) is 2.76. The van der Waals surface area contributed by atoms with Crippen LogP contribution in [0.25, 0.3) is 0 Å². The first-order chi connectivity index (χ1) is 10.2. The maximum absolute atomic E-state index is 5.83. The Hall–Kier alpha value is -2.56. The van der Waals surface area contributed by atoms with Crippen molar-refractivity contribution >= 4 is 5.69 Å². The number of hydrogen-bond acceptors (Lipinski definition) is 5. The third-order valence-electron chi connectivity index (χ3n) is 3.22. The third-order valence-corrected chi connectivity index (χ3v) is 3.22. The fourth-order valence-corrected chi connectivity index (χ4v) is 1.99. The van der Waals surface area contributed by atoms with Gasteiger partial charge in [0, 0.05) is 17.8 Å². The maximum atomic E-state index is 5.83. The molecule has 3 rings (SSSR count). The van der Waals surface area contributed by atoms with Crippen LogP contribution < -0.4 is 24.7 Å². The number of rotatable bonds is 5.